The molecule has 0 atom stereocenters. The fourth-order valence-electron chi connectivity index (χ4n) is 1.62. The molecule has 0 heterocycles. The van der Waals surface area contributed by atoms with Gasteiger partial charge in [0.1, 0.15) is 0 Å². The van der Waals surface area contributed by atoms with Gasteiger partial charge >= 0.3 is 0 Å². The van der Waals surface area contributed by atoms with Crippen molar-refractivity contribution < 1.29 is 4.74 Å². The van der Waals surface area contributed by atoms with Crippen LogP contribution in [0, 0.1) is 0 Å². The summed E-state index contributed by atoms with van der Waals surface area (Å²) in [6.07, 6.45) is 16.5. The smallest absolute Gasteiger partial charge is 0.0462 e. The molecule has 0 bridgehead atoms. The molecule has 0 aromatic rings. The van der Waals surface area contributed by atoms with E-state index in [1.54, 1.807) is 7.11 Å². The SMILES string of the molecule is CCC/C=C\CCCCCCCCOC. The van der Waals surface area contributed by atoms with Gasteiger partial charge < -0.3 is 4.74 Å². The summed E-state index contributed by atoms with van der Waals surface area (Å²) >= 11 is 0. The zero-order valence-electron chi connectivity index (χ0n) is 10.6. The highest BCUT2D eigenvalue weighted by Gasteiger charge is 1.90. The average molecular weight is 212 g/mol. The van der Waals surface area contributed by atoms with Crippen molar-refractivity contribution in [1.82, 2.24) is 0 Å². The Balaban J connectivity index is 2.92. The van der Waals surface area contributed by atoms with Crippen LogP contribution in [0.1, 0.15) is 64.7 Å². The first-order chi connectivity index (χ1) is 7.41. The van der Waals surface area contributed by atoms with Gasteiger partial charge in [-0.2, -0.15) is 0 Å². The second kappa shape index (κ2) is 13.7. The molecule has 0 aromatic carbocycles. The number of rotatable bonds is 11. The van der Waals surface area contributed by atoms with E-state index < -0.39 is 0 Å². The Hall–Kier alpha value is -0.300. The molecule has 0 N–H and O–H groups in total. The number of allylic oxidation sites excluding steroid dienone is 2. The van der Waals surface area contributed by atoms with Crippen LogP contribution in [0.3, 0.4) is 0 Å². The fourth-order valence-corrected chi connectivity index (χ4v) is 1.62. The highest BCUT2D eigenvalue weighted by atomic mass is 16.5. The number of hydrogen-bond donors (Lipinski definition) is 0. The van der Waals surface area contributed by atoms with E-state index in [-0.39, 0.29) is 0 Å². The monoisotopic (exact) mass is 212 g/mol. The van der Waals surface area contributed by atoms with E-state index in [0.717, 1.165) is 6.61 Å². The minimum absolute atomic E-state index is 0.930. The normalized spacial score (nSPS) is 11.3. The van der Waals surface area contributed by atoms with Gasteiger partial charge in [0.25, 0.3) is 0 Å². The van der Waals surface area contributed by atoms with Crippen LogP contribution in [0.25, 0.3) is 0 Å². The third kappa shape index (κ3) is 13.7. The summed E-state index contributed by atoms with van der Waals surface area (Å²) in [6, 6.07) is 0. The van der Waals surface area contributed by atoms with Crippen molar-refractivity contribution in [3.05, 3.63) is 12.2 Å². The first-order valence-electron chi connectivity index (χ1n) is 6.55. The van der Waals surface area contributed by atoms with Crippen molar-refractivity contribution in [2.45, 2.75) is 64.7 Å². The maximum atomic E-state index is 5.02. The van der Waals surface area contributed by atoms with Gasteiger partial charge in [0.2, 0.25) is 0 Å². The van der Waals surface area contributed by atoms with Gasteiger partial charge in [0.05, 0.1) is 0 Å². The van der Waals surface area contributed by atoms with Crippen molar-refractivity contribution in [3.63, 3.8) is 0 Å². The van der Waals surface area contributed by atoms with Crippen molar-refractivity contribution >= 4 is 0 Å². The Morgan fingerprint density at radius 2 is 1.40 bits per heavy atom. The van der Waals surface area contributed by atoms with Gasteiger partial charge in [-0.1, -0.05) is 51.2 Å². The lowest BCUT2D eigenvalue weighted by molar-refractivity contribution is 0.192. The van der Waals surface area contributed by atoms with Crippen molar-refractivity contribution in [1.29, 1.82) is 0 Å². The first-order valence-corrected chi connectivity index (χ1v) is 6.55. The van der Waals surface area contributed by atoms with Gasteiger partial charge in [-0.05, 0) is 25.7 Å². The molecular weight excluding hydrogens is 184 g/mol. The van der Waals surface area contributed by atoms with E-state index in [1.807, 2.05) is 0 Å². The Kier molecular flexibility index (Phi) is 13.4. The van der Waals surface area contributed by atoms with Crippen LogP contribution in [0.5, 0.6) is 0 Å². The third-order valence-corrected chi connectivity index (χ3v) is 2.59. The van der Waals surface area contributed by atoms with Crippen LogP contribution >= 0.6 is 0 Å². The molecule has 0 spiro atoms. The summed E-state index contributed by atoms with van der Waals surface area (Å²) in [5, 5.41) is 0. The fraction of sp³-hybridized carbons (Fsp3) is 0.857. The molecule has 1 nitrogen and oxygen atoms in total. The molecule has 0 fully saturated rings. The minimum Gasteiger partial charge on any atom is -0.385 e. The second-order valence-electron chi connectivity index (χ2n) is 4.16. The third-order valence-electron chi connectivity index (χ3n) is 2.59. The van der Waals surface area contributed by atoms with E-state index in [2.05, 4.69) is 19.1 Å². The number of methoxy groups -OCH3 is 1. The standard InChI is InChI=1S/C14H28O/c1-3-4-5-6-7-8-9-10-11-12-13-14-15-2/h5-6H,3-4,7-14H2,1-2H3/b6-5-. The number of unbranched alkanes of at least 4 members (excludes halogenated alkanes) is 7. The predicted molar refractivity (Wildman–Crippen MR) is 68.2 cm³/mol. The summed E-state index contributed by atoms with van der Waals surface area (Å²) in [7, 11) is 1.78. The molecule has 0 aliphatic rings. The quantitative estimate of drug-likeness (QED) is 0.356. The molecule has 0 aliphatic carbocycles. The lowest BCUT2D eigenvalue weighted by atomic mass is 10.1. The highest BCUT2D eigenvalue weighted by Crippen LogP contribution is 2.07. The van der Waals surface area contributed by atoms with Crippen LogP contribution in [0.2, 0.25) is 0 Å². The maximum Gasteiger partial charge on any atom is 0.0462 e. The Morgan fingerprint density at radius 1 is 0.800 bits per heavy atom. The maximum absolute atomic E-state index is 5.02. The highest BCUT2D eigenvalue weighted by molar-refractivity contribution is 4.80. The predicted octanol–water partition coefficient (Wildman–Crippen LogP) is 4.72. The molecule has 0 amide bonds. The summed E-state index contributed by atoms with van der Waals surface area (Å²) in [4.78, 5) is 0. The zero-order chi connectivity index (χ0) is 11.2. The van der Waals surface area contributed by atoms with Crippen LogP contribution < -0.4 is 0 Å². The Morgan fingerprint density at radius 3 is 2.07 bits per heavy atom. The lowest BCUT2D eigenvalue weighted by Gasteiger charge is -2.00. The molecule has 0 saturated heterocycles. The lowest BCUT2D eigenvalue weighted by Crippen LogP contribution is -1.88. The van der Waals surface area contributed by atoms with E-state index in [9.17, 15) is 0 Å². The van der Waals surface area contributed by atoms with Crippen LogP contribution in [-0.4, -0.2) is 13.7 Å². The van der Waals surface area contributed by atoms with Gasteiger partial charge in [-0.15, -0.1) is 0 Å². The summed E-state index contributed by atoms with van der Waals surface area (Å²) in [5.74, 6) is 0. The van der Waals surface area contributed by atoms with E-state index in [0.29, 0.717) is 0 Å². The topological polar surface area (TPSA) is 9.23 Å². The molecule has 1 heteroatoms. The molecule has 90 valence electrons. The van der Waals surface area contributed by atoms with Crippen LogP contribution in [-0.2, 0) is 4.74 Å². The van der Waals surface area contributed by atoms with Crippen LogP contribution in [0.15, 0.2) is 12.2 Å². The van der Waals surface area contributed by atoms with Crippen LogP contribution in [0.4, 0.5) is 0 Å². The van der Waals surface area contributed by atoms with Gasteiger partial charge in [0, 0.05) is 13.7 Å². The van der Waals surface area contributed by atoms with Crippen molar-refractivity contribution in [2.75, 3.05) is 13.7 Å². The summed E-state index contributed by atoms with van der Waals surface area (Å²) in [6.45, 7) is 3.16. The average Bonchev–Trinajstić information content (AvgIpc) is 2.26. The van der Waals surface area contributed by atoms with Gasteiger partial charge in [-0.3, -0.25) is 0 Å². The number of hydrogen-bond acceptors (Lipinski definition) is 1. The molecule has 0 unspecified atom stereocenters. The Bertz CT molecular complexity index is 129. The molecule has 0 aliphatic heterocycles. The molecular formula is C14H28O. The Labute approximate surface area is 95.9 Å². The largest absolute Gasteiger partial charge is 0.385 e. The minimum atomic E-state index is 0.930. The molecule has 0 aromatic heterocycles. The van der Waals surface area contributed by atoms with Crippen molar-refractivity contribution in [2.24, 2.45) is 0 Å². The molecule has 0 radical (unpaired) electrons. The van der Waals surface area contributed by atoms with E-state index >= 15 is 0 Å². The second-order valence-corrected chi connectivity index (χ2v) is 4.16. The van der Waals surface area contributed by atoms with E-state index in [1.165, 1.54) is 57.8 Å². The van der Waals surface area contributed by atoms with Gasteiger partial charge in [0.15, 0.2) is 0 Å². The van der Waals surface area contributed by atoms with Gasteiger partial charge in [-0.25, -0.2) is 0 Å². The van der Waals surface area contributed by atoms with E-state index in [4.69, 9.17) is 4.74 Å². The summed E-state index contributed by atoms with van der Waals surface area (Å²) < 4.78 is 5.02. The van der Waals surface area contributed by atoms with Crippen molar-refractivity contribution in [3.8, 4) is 0 Å². The summed E-state index contributed by atoms with van der Waals surface area (Å²) in [5.41, 5.74) is 0. The molecule has 0 rings (SSSR count). The molecule has 0 saturated carbocycles. The molecule has 15 heavy (non-hydrogen) atoms. The first kappa shape index (κ1) is 14.7. The zero-order valence-corrected chi connectivity index (χ0v) is 10.6. The number of ether oxygens (including phenoxy) is 1.